The van der Waals surface area contributed by atoms with Gasteiger partial charge >= 0.3 is 0 Å². The lowest BCUT2D eigenvalue weighted by Crippen LogP contribution is -2.43. The van der Waals surface area contributed by atoms with Crippen LogP contribution in [0.4, 0.5) is 4.39 Å². The van der Waals surface area contributed by atoms with Gasteiger partial charge in [0.2, 0.25) is 0 Å². The summed E-state index contributed by atoms with van der Waals surface area (Å²) in [5.41, 5.74) is 3.85. The van der Waals surface area contributed by atoms with Gasteiger partial charge in [-0.05, 0) is 61.4 Å². The van der Waals surface area contributed by atoms with Gasteiger partial charge in [0.15, 0.2) is 6.61 Å². The van der Waals surface area contributed by atoms with Gasteiger partial charge in [0.25, 0.3) is 15.9 Å². The van der Waals surface area contributed by atoms with Gasteiger partial charge < -0.3 is 4.74 Å². The van der Waals surface area contributed by atoms with Gasteiger partial charge in [-0.1, -0.05) is 6.07 Å². The van der Waals surface area contributed by atoms with E-state index in [0.29, 0.717) is 5.75 Å². The third-order valence-corrected chi connectivity index (χ3v) is 4.54. The number of halogens is 1. The van der Waals surface area contributed by atoms with Gasteiger partial charge in [-0.3, -0.25) is 10.2 Å². The van der Waals surface area contributed by atoms with E-state index in [9.17, 15) is 17.6 Å². The summed E-state index contributed by atoms with van der Waals surface area (Å²) in [5.74, 6) is -0.816. The van der Waals surface area contributed by atoms with Gasteiger partial charge in [0.1, 0.15) is 11.6 Å². The van der Waals surface area contributed by atoms with Crippen molar-refractivity contribution in [2.24, 2.45) is 0 Å². The number of sulfonamides is 1. The number of hydrogen-bond donors (Lipinski definition) is 2. The third kappa shape index (κ3) is 4.77. The predicted molar refractivity (Wildman–Crippen MR) is 86.3 cm³/mol. The van der Waals surface area contributed by atoms with Crippen molar-refractivity contribution in [1.29, 1.82) is 0 Å². The molecule has 24 heavy (non-hydrogen) atoms. The molecule has 0 atom stereocenters. The molecule has 2 rings (SSSR count). The second-order valence-corrected chi connectivity index (χ2v) is 6.82. The van der Waals surface area contributed by atoms with Crippen molar-refractivity contribution in [2.45, 2.75) is 18.7 Å². The van der Waals surface area contributed by atoms with Crippen molar-refractivity contribution in [1.82, 2.24) is 10.3 Å². The summed E-state index contributed by atoms with van der Waals surface area (Å²) in [7, 11) is -3.87. The molecule has 0 fully saturated rings. The molecule has 8 heteroatoms. The molecule has 2 aromatic rings. The molecule has 0 bridgehead atoms. The number of rotatable bonds is 6. The molecule has 6 nitrogen and oxygen atoms in total. The lowest BCUT2D eigenvalue weighted by Gasteiger charge is -2.10. The minimum absolute atomic E-state index is 0.0466. The van der Waals surface area contributed by atoms with E-state index in [1.54, 1.807) is 13.0 Å². The summed E-state index contributed by atoms with van der Waals surface area (Å²) in [6, 6.07) is 9.75. The Morgan fingerprint density at radius 1 is 1.08 bits per heavy atom. The highest BCUT2D eigenvalue weighted by molar-refractivity contribution is 7.89. The monoisotopic (exact) mass is 352 g/mol. The summed E-state index contributed by atoms with van der Waals surface area (Å²) >= 11 is 0. The van der Waals surface area contributed by atoms with Crippen LogP contribution in [-0.2, 0) is 14.8 Å². The molecule has 0 radical (unpaired) electrons. The molecule has 0 spiro atoms. The number of hydrazine groups is 1. The smallest absolute Gasteiger partial charge is 0.272 e. The molecular formula is C16H17FN2O4S. The normalized spacial score (nSPS) is 11.1. The van der Waals surface area contributed by atoms with Crippen LogP contribution in [0.1, 0.15) is 11.1 Å². The lowest BCUT2D eigenvalue weighted by molar-refractivity contribution is -0.123. The zero-order valence-electron chi connectivity index (χ0n) is 13.2. The van der Waals surface area contributed by atoms with Crippen molar-refractivity contribution < 1.29 is 22.3 Å². The van der Waals surface area contributed by atoms with Crippen LogP contribution in [0.5, 0.6) is 5.75 Å². The Hall–Kier alpha value is -2.45. The first-order chi connectivity index (χ1) is 11.3. The predicted octanol–water partition coefficient (Wildman–Crippen LogP) is 1.83. The molecule has 0 saturated heterocycles. The minimum atomic E-state index is -3.87. The van der Waals surface area contributed by atoms with Crippen LogP contribution in [0.25, 0.3) is 0 Å². The fourth-order valence-electron chi connectivity index (χ4n) is 1.78. The second kappa shape index (κ2) is 7.41. The van der Waals surface area contributed by atoms with E-state index in [-0.39, 0.29) is 4.90 Å². The maximum Gasteiger partial charge on any atom is 0.272 e. The molecular weight excluding hydrogens is 335 g/mol. The van der Waals surface area contributed by atoms with Crippen LogP contribution in [0, 0.1) is 19.7 Å². The fraction of sp³-hybridized carbons (Fsp3) is 0.188. The lowest BCUT2D eigenvalue weighted by atomic mass is 10.1. The van der Waals surface area contributed by atoms with Crippen molar-refractivity contribution in [3.05, 3.63) is 59.4 Å². The minimum Gasteiger partial charge on any atom is -0.484 e. The van der Waals surface area contributed by atoms with Crippen molar-refractivity contribution in [3.8, 4) is 5.75 Å². The van der Waals surface area contributed by atoms with Gasteiger partial charge in [-0.15, -0.1) is 4.83 Å². The molecule has 0 unspecified atom stereocenters. The van der Waals surface area contributed by atoms with E-state index < -0.39 is 28.4 Å². The first-order valence-electron chi connectivity index (χ1n) is 7.04. The summed E-state index contributed by atoms with van der Waals surface area (Å²) in [6.07, 6.45) is 0. The van der Waals surface area contributed by atoms with E-state index in [1.807, 2.05) is 11.8 Å². The number of amides is 1. The van der Waals surface area contributed by atoms with Gasteiger partial charge in [0, 0.05) is 0 Å². The number of nitrogens with one attached hydrogen (secondary N) is 2. The Kier molecular flexibility index (Phi) is 5.53. The Morgan fingerprint density at radius 2 is 1.75 bits per heavy atom. The van der Waals surface area contributed by atoms with Crippen LogP contribution in [0.15, 0.2) is 47.4 Å². The van der Waals surface area contributed by atoms with Gasteiger partial charge in [-0.25, -0.2) is 12.8 Å². The first-order valence-corrected chi connectivity index (χ1v) is 8.52. The molecule has 1 amide bonds. The summed E-state index contributed by atoms with van der Waals surface area (Å²) in [5, 5.41) is 0. The van der Waals surface area contributed by atoms with Crippen LogP contribution in [0.2, 0.25) is 0 Å². The topological polar surface area (TPSA) is 84.5 Å². The van der Waals surface area contributed by atoms with E-state index in [2.05, 4.69) is 5.43 Å². The van der Waals surface area contributed by atoms with Crippen molar-refractivity contribution >= 4 is 15.9 Å². The second-order valence-electron chi connectivity index (χ2n) is 5.14. The molecule has 2 N–H and O–H groups in total. The van der Waals surface area contributed by atoms with E-state index >= 15 is 0 Å². The van der Waals surface area contributed by atoms with E-state index in [0.717, 1.165) is 11.1 Å². The molecule has 0 aromatic heterocycles. The number of benzene rings is 2. The molecule has 0 aliphatic carbocycles. The standard InChI is InChI=1S/C16H17FN2O4S/c1-11-3-8-15(9-12(11)2)24(21,22)19-18-16(20)10-23-14-6-4-13(17)5-7-14/h3-9,19H,10H2,1-2H3,(H,18,20). The summed E-state index contributed by atoms with van der Waals surface area (Å²) < 4.78 is 42.1. The Balaban J connectivity index is 1.90. The molecule has 0 aliphatic rings. The van der Waals surface area contributed by atoms with Gasteiger partial charge in [-0.2, -0.15) is 0 Å². The Morgan fingerprint density at radius 3 is 2.38 bits per heavy atom. The highest BCUT2D eigenvalue weighted by Gasteiger charge is 2.15. The molecule has 0 heterocycles. The molecule has 0 aliphatic heterocycles. The largest absolute Gasteiger partial charge is 0.484 e. The van der Waals surface area contributed by atoms with Crippen molar-refractivity contribution in [3.63, 3.8) is 0 Å². The third-order valence-electron chi connectivity index (χ3n) is 3.30. The summed E-state index contributed by atoms with van der Waals surface area (Å²) in [4.78, 5) is 13.7. The number of ether oxygens (including phenoxy) is 1. The van der Waals surface area contributed by atoms with Crippen LogP contribution >= 0.6 is 0 Å². The van der Waals surface area contributed by atoms with Gasteiger partial charge in [0.05, 0.1) is 4.90 Å². The number of carbonyl (C=O) groups is 1. The molecule has 128 valence electrons. The maximum atomic E-state index is 12.7. The highest BCUT2D eigenvalue weighted by atomic mass is 32.2. The molecule has 0 saturated carbocycles. The van der Waals surface area contributed by atoms with Crippen molar-refractivity contribution in [2.75, 3.05) is 6.61 Å². The first kappa shape index (κ1) is 17.9. The number of carbonyl (C=O) groups excluding carboxylic acids is 1. The fourth-order valence-corrected chi connectivity index (χ4v) is 2.73. The summed E-state index contributed by atoms with van der Waals surface area (Å²) in [6.45, 7) is 3.25. The van der Waals surface area contributed by atoms with E-state index in [1.165, 1.54) is 36.4 Å². The van der Waals surface area contributed by atoms with Crippen LogP contribution < -0.4 is 15.0 Å². The van der Waals surface area contributed by atoms with Crippen LogP contribution in [-0.4, -0.2) is 20.9 Å². The maximum absolute atomic E-state index is 12.7. The molecule has 2 aromatic carbocycles. The zero-order chi connectivity index (χ0) is 17.7. The Labute approximate surface area is 139 Å². The number of aryl methyl sites for hydroxylation is 2. The Bertz CT molecular complexity index is 836. The zero-order valence-corrected chi connectivity index (χ0v) is 14.0. The van der Waals surface area contributed by atoms with Crippen LogP contribution in [0.3, 0.4) is 0 Å². The average Bonchev–Trinajstić information content (AvgIpc) is 2.55. The quantitative estimate of drug-likeness (QED) is 0.777. The highest BCUT2D eigenvalue weighted by Crippen LogP contribution is 2.14. The number of hydrogen-bond acceptors (Lipinski definition) is 4. The average molecular weight is 352 g/mol. The van der Waals surface area contributed by atoms with E-state index in [4.69, 9.17) is 4.74 Å². The SMILES string of the molecule is Cc1ccc(S(=O)(=O)NNC(=O)COc2ccc(F)cc2)cc1C.